The number of ketones is 1. The summed E-state index contributed by atoms with van der Waals surface area (Å²) in [5, 5.41) is 10.6. The molecule has 0 aromatic heterocycles. The van der Waals surface area contributed by atoms with Crippen LogP contribution in [0.1, 0.15) is 29.3 Å². The Balaban J connectivity index is 2.21. The fraction of sp³-hybridized carbons (Fsp3) is 0.188. The third kappa shape index (κ3) is 3.66. The van der Waals surface area contributed by atoms with E-state index in [0.29, 0.717) is 23.5 Å². The molecule has 0 aliphatic heterocycles. The molecule has 0 amide bonds. The van der Waals surface area contributed by atoms with Gasteiger partial charge in [0.05, 0.1) is 11.5 Å². The maximum absolute atomic E-state index is 12.3. The molecule has 0 saturated carbocycles. The van der Waals surface area contributed by atoms with Crippen molar-refractivity contribution in [3.8, 4) is 5.75 Å². The van der Waals surface area contributed by atoms with Crippen LogP contribution < -0.4 is 4.74 Å². The molecule has 0 N–H and O–H groups in total. The van der Waals surface area contributed by atoms with Gasteiger partial charge in [0.1, 0.15) is 5.75 Å². The number of nitrogens with zero attached hydrogens (tertiary/aromatic N) is 1. The largest absolute Gasteiger partial charge is 0.494 e. The van der Waals surface area contributed by atoms with Crippen LogP contribution in [0.3, 0.4) is 0 Å². The summed E-state index contributed by atoms with van der Waals surface area (Å²) in [7, 11) is 0. The van der Waals surface area contributed by atoms with Gasteiger partial charge in [0.25, 0.3) is 5.69 Å². The summed E-state index contributed by atoms with van der Waals surface area (Å²) < 4.78 is 5.49. The Hall–Kier alpha value is -2.69. The maximum Gasteiger partial charge on any atom is 0.269 e. The van der Waals surface area contributed by atoms with E-state index in [1.807, 2.05) is 6.92 Å². The van der Waals surface area contributed by atoms with E-state index in [-0.39, 0.29) is 11.5 Å². The van der Waals surface area contributed by atoms with Gasteiger partial charge in [-0.3, -0.25) is 14.9 Å². The number of nitro groups is 1. The average molecular weight is 285 g/mol. The normalized spacial score (nSPS) is 10.1. The fourth-order valence-corrected chi connectivity index (χ4v) is 1.85. The first-order valence-electron chi connectivity index (χ1n) is 6.64. The number of nitro benzene ring substituents is 1. The van der Waals surface area contributed by atoms with Crippen molar-refractivity contribution in [2.75, 3.05) is 6.61 Å². The molecular formula is C16H15NO4. The number of carbonyl (C=O) groups is 1. The quantitative estimate of drug-likeness (QED) is 0.462. The van der Waals surface area contributed by atoms with E-state index < -0.39 is 4.92 Å². The Bertz CT molecular complexity index is 650. The van der Waals surface area contributed by atoms with Crippen LogP contribution in [0.4, 0.5) is 5.69 Å². The second-order valence-corrected chi connectivity index (χ2v) is 4.51. The lowest BCUT2D eigenvalue weighted by Gasteiger charge is -2.06. The molecule has 5 nitrogen and oxygen atoms in total. The number of hydrogen-bond donors (Lipinski definition) is 0. The Kier molecular flexibility index (Phi) is 4.66. The second-order valence-electron chi connectivity index (χ2n) is 4.51. The monoisotopic (exact) mass is 285 g/mol. The molecule has 0 unspecified atom stereocenters. The van der Waals surface area contributed by atoms with Gasteiger partial charge in [-0.05, 0) is 30.7 Å². The number of hydrogen-bond acceptors (Lipinski definition) is 4. The average Bonchev–Trinajstić information content (AvgIpc) is 2.52. The minimum absolute atomic E-state index is 0.0356. The topological polar surface area (TPSA) is 69.4 Å². The van der Waals surface area contributed by atoms with Crippen LogP contribution >= 0.6 is 0 Å². The SMILES string of the molecule is CCCOc1cccc(C(=O)c2ccc([N+](=O)[O-])cc2)c1. The van der Waals surface area contributed by atoms with E-state index in [1.54, 1.807) is 24.3 Å². The van der Waals surface area contributed by atoms with Gasteiger partial charge in [-0.2, -0.15) is 0 Å². The van der Waals surface area contributed by atoms with Gasteiger partial charge in [-0.1, -0.05) is 19.1 Å². The summed E-state index contributed by atoms with van der Waals surface area (Å²) in [6, 6.07) is 12.5. The highest BCUT2D eigenvalue weighted by molar-refractivity contribution is 6.09. The van der Waals surface area contributed by atoms with Crippen molar-refractivity contribution in [2.45, 2.75) is 13.3 Å². The standard InChI is InChI=1S/C16H15NO4/c1-2-10-21-15-5-3-4-13(11-15)16(18)12-6-8-14(9-7-12)17(19)20/h3-9,11H,2,10H2,1H3. The molecule has 0 atom stereocenters. The van der Waals surface area contributed by atoms with Gasteiger partial charge in [-0.25, -0.2) is 0 Å². The van der Waals surface area contributed by atoms with Crippen LogP contribution in [-0.2, 0) is 0 Å². The van der Waals surface area contributed by atoms with Gasteiger partial charge in [0, 0.05) is 23.3 Å². The summed E-state index contributed by atoms with van der Waals surface area (Å²) in [6.45, 7) is 2.60. The lowest BCUT2D eigenvalue weighted by atomic mass is 10.0. The van der Waals surface area contributed by atoms with E-state index in [9.17, 15) is 14.9 Å². The molecule has 2 rings (SSSR count). The van der Waals surface area contributed by atoms with Crippen molar-refractivity contribution in [2.24, 2.45) is 0 Å². The smallest absolute Gasteiger partial charge is 0.269 e. The number of benzene rings is 2. The molecule has 0 saturated heterocycles. The zero-order valence-corrected chi connectivity index (χ0v) is 11.6. The molecule has 5 heteroatoms. The molecule has 2 aromatic rings. The third-order valence-corrected chi connectivity index (χ3v) is 2.91. The highest BCUT2D eigenvalue weighted by Gasteiger charge is 2.12. The summed E-state index contributed by atoms with van der Waals surface area (Å²) in [4.78, 5) is 22.4. The van der Waals surface area contributed by atoms with E-state index in [1.165, 1.54) is 24.3 Å². The summed E-state index contributed by atoms with van der Waals surface area (Å²) >= 11 is 0. The molecule has 0 bridgehead atoms. The first-order valence-corrected chi connectivity index (χ1v) is 6.64. The molecule has 0 heterocycles. The van der Waals surface area contributed by atoms with Gasteiger partial charge in [0.15, 0.2) is 5.78 Å². The van der Waals surface area contributed by atoms with Crippen LogP contribution in [0.15, 0.2) is 48.5 Å². The van der Waals surface area contributed by atoms with Crippen LogP contribution in [0.5, 0.6) is 5.75 Å². The first kappa shape index (κ1) is 14.7. The van der Waals surface area contributed by atoms with Crippen molar-refractivity contribution >= 4 is 11.5 Å². The van der Waals surface area contributed by atoms with Crippen LogP contribution in [-0.4, -0.2) is 17.3 Å². The zero-order chi connectivity index (χ0) is 15.2. The Morgan fingerprint density at radius 2 is 1.86 bits per heavy atom. The second kappa shape index (κ2) is 6.65. The molecule has 0 aliphatic carbocycles. The molecule has 0 spiro atoms. The van der Waals surface area contributed by atoms with Crippen LogP contribution in [0.25, 0.3) is 0 Å². The van der Waals surface area contributed by atoms with Crippen molar-refractivity contribution in [3.05, 3.63) is 69.8 Å². The number of ether oxygens (including phenoxy) is 1. The summed E-state index contributed by atoms with van der Waals surface area (Å²) in [6.07, 6.45) is 0.889. The predicted octanol–water partition coefficient (Wildman–Crippen LogP) is 3.61. The van der Waals surface area contributed by atoms with E-state index in [0.717, 1.165) is 6.42 Å². The lowest BCUT2D eigenvalue weighted by Crippen LogP contribution is -2.02. The Labute approximate surface area is 122 Å². The van der Waals surface area contributed by atoms with Crippen molar-refractivity contribution in [3.63, 3.8) is 0 Å². The van der Waals surface area contributed by atoms with Crippen molar-refractivity contribution in [1.29, 1.82) is 0 Å². The fourth-order valence-electron chi connectivity index (χ4n) is 1.85. The number of non-ortho nitro benzene ring substituents is 1. The highest BCUT2D eigenvalue weighted by atomic mass is 16.6. The van der Waals surface area contributed by atoms with Crippen LogP contribution in [0, 0.1) is 10.1 Å². The van der Waals surface area contributed by atoms with E-state index in [4.69, 9.17) is 4.74 Å². The summed E-state index contributed by atoms with van der Waals surface area (Å²) in [5.41, 5.74) is 0.872. The summed E-state index contributed by atoms with van der Waals surface area (Å²) in [5.74, 6) is 0.455. The number of carbonyl (C=O) groups excluding carboxylic acids is 1. The van der Waals surface area contributed by atoms with Crippen molar-refractivity contribution in [1.82, 2.24) is 0 Å². The first-order chi connectivity index (χ1) is 10.1. The lowest BCUT2D eigenvalue weighted by molar-refractivity contribution is -0.384. The molecule has 21 heavy (non-hydrogen) atoms. The molecule has 108 valence electrons. The van der Waals surface area contributed by atoms with Crippen LogP contribution in [0.2, 0.25) is 0 Å². The molecule has 2 aromatic carbocycles. The number of rotatable bonds is 6. The van der Waals surface area contributed by atoms with Gasteiger partial charge < -0.3 is 4.74 Å². The predicted molar refractivity (Wildman–Crippen MR) is 78.8 cm³/mol. The molecule has 0 aliphatic rings. The minimum Gasteiger partial charge on any atom is -0.494 e. The van der Waals surface area contributed by atoms with Gasteiger partial charge in [-0.15, -0.1) is 0 Å². The van der Waals surface area contributed by atoms with Gasteiger partial charge in [0.2, 0.25) is 0 Å². The maximum atomic E-state index is 12.3. The molecule has 0 fully saturated rings. The molecule has 0 radical (unpaired) electrons. The van der Waals surface area contributed by atoms with E-state index >= 15 is 0 Å². The minimum atomic E-state index is -0.493. The Morgan fingerprint density at radius 1 is 1.14 bits per heavy atom. The van der Waals surface area contributed by atoms with Crippen molar-refractivity contribution < 1.29 is 14.5 Å². The zero-order valence-electron chi connectivity index (χ0n) is 11.6. The van der Waals surface area contributed by atoms with Gasteiger partial charge >= 0.3 is 0 Å². The third-order valence-electron chi connectivity index (χ3n) is 2.91. The molecular weight excluding hydrogens is 270 g/mol. The highest BCUT2D eigenvalue weighted by Crippen LogP contribution is 2.19. The Morgan fingerprint density at radius 3 is 2.48 bits per heavy atom. The van der Waals surface area contributed by atoms with E-state index in [2.05, 4.69) is 0 Å².